The van der Waals surface area contributed by atoms with E-state index in [4.69, 9.17) is 19.6 Å². The summed E-state index contributed by atoms with van der Waals surface area (Å²) in [6.45, 7) is 0.186. The number of benzene rings is 2. The molecule has 6 heteroatoms. The lowest BCUT2D eigenvalue weighted by atomic mass is 10.0. The minimum absolute atomic E-state index is 0.186. The average Bonchev–Trinajstić information content (AvgIpc) is 2.70. The molecule has 140 valence electrons. The molecule has 3 aromatic rings. The number of hydrogen-bond acceptors (Lipinski definition) is 6. The normalized spacial score (nSPS) is 11.9. The van der Waals surface area contributed by atoms with Crippen LogP contribution in [0.1, 0.15) is 17.5 Å². The highest BCUT2D eigenvalue weighted by molar-refractivity contribution is 5.81. The van der Waals surface area contributed by atoms with Gasteiger partial charge in [-0.15, -0.1) is 0 Å². The van der Waals surface area contributed by atoms with Crippen molar-refractivity contribution in [3.63, 3.8) is 0 Å². The van der Waals surface area contributed by atoms with Crippen molar-refractivity contribution in [2.24, 2.45) is 5.73 Å². The van der Waals surface area contributed by atoms with Crippen LogP contribution in [-0.2, 0) is 22.6 Å². The van der Waals surface area contributed by atoms with Crippen LogP contribution in [0.4, 0.5) is 0 Å². The highest BCUT2D eigenvalue weighted by Crippen LogP contribution is 2.23. The second kappa shape index (κ2) is 8.51. The Balaban J connectivity index is 1.65. The molecule has 0 saturated carbocycles. The fraction of sp³-hybridized carbons (Fsp3) is 0.238. The fourth-order valence-corrected chi connectivity index (χ4v) is 2.81. The predicted octanol–water partition coefficient (Wildman–Crippen LogP) is 2.80. The number of hydrogen-bond donors (Lipinski definition) is 1. The molecule has 3 rings (SSSR count). The van der Waals surface area contributed by atoms with Crippen LogP contribution < -0.4 is 16.1 Å². The first kappa shape index (κ1) is 18.7. The van der Waals surface area contributed by atoms with Crippen LogP contribution in [0, 0.1) is 0 Å². The second-order valence-electron chi connectivity index (χ2n) is 6.19. The summed E-state index contributed by atoms with van der Waals surface area (Å²) in [5.41, 5.74) is 7.62. The minimum Gasteiger partial charge on any atom is -0.497 e. The monoisotopic (exact) mass is 367 g/mol. The van der Waals surface area contributed by atoms with E-state index in [2.05, 4.69) is 0 Å². The van der Waals surface area contributed by atoms with E-state index in [1.165, 1.54) is 6.07 Å². The SMILES string of the molecule is COc1ccc2c(CCC(N)C(=O)OCc3ccccc3)cc(=O)oc2c1. The van der Waals surface area contributed by atoms with Crippen molar-refractivity contribution in [3.8, 4) is 5.75 Å². The zero-order valence-electron chi connectivity index (χ0n) is 15.0. The summed E-state index contributed by atoms with van der Waals surface area (Å²) in [6.07, 6.45) is 0.814. The minimum atomic E-state index is -0.769. The number of rotatable bonds is 7. The zero-order valence-corrected chi connectivity index (χ0v) is 15.0. The summed E-state index contributed by atoms with van der Waals surface area (Å²) in [5, 5.41) is 0.792. The van der Waals surface area contributed by atoms with Gasteiger partial charge in [0.2, 0.25) is 0 Å². The molecule has 27 heavy (non-hydrogen) atoms. The lowest BCUT2D eigenvalue weighted by molar-refractivity contribution is -0.146. The first-order valence-electron chi connectivity index (χ1n) is 8.64. The van der Waals surface area contributed by atoms with Gasteiger partial charge in [-0.05, 0) is 36.1 Å². The number of methoxy groups -OCH3 is 1. The molecule has 0 radical (unpaired) electrons. The highest BCUT2D eigenvalue weighted by atomic mass is 16.5. The summed E-state index contributed by atoms with van der Waals surface area (Å²) in [5.74, 6) is 0.136. The maximum absolute atomic E-state index is 12.1. The predicted molar refractivity (Wildman–Crippen MR) is 102 cm³/mol. The Bertz CT molecular complexity index is 981. The van der Waals surface area contributed by atoms with Crippen LogP contribution >= 0.6 is 0 Å². The van der Waals surface area contributed by atoms with Crippen LogP contribution in [0.25, 0.3) is 11.0 Å². The Morgan fingerprint density at radius 3 is 2.67 bits per heavy atom. The smallest absolute Gasteiger partial charge is 0.336 e. The van der Waals surface area contributed by atoms with Gasteiger partial charge in [-0.3, -0.25) is 4.79 Å². The summed E-state index contributed by atoms with van der Waals surface area (Å²) in [7, 11) is 1.54. The molecule has 0 aliphatic carbocycles. The van der Waals surface area contributed by atoms with Crippen molar-refractivity contribution in [2.45, 2.75) is 25.5 Å². The number of esters is 1. The van der Waals surface area contributed by atoms with Gasteiger partial charge < -0.3 is 19.6 Å². The third kappa shape index (κ3) is 4.74. The van der Waals surface area contributed by atoms with Crippen LogP contribution in [-0.4, -0.2) is 19.1 Å². The first-order valence-corrected chi connectivity index (χ1v) is 8.64. The Labute approximate surface area is 156 Å². The molecule has 1 atom stereocenters. The van der Waals surface area contributed by atoms with E-state index < -0.39 is 17.6 Å². The van der Waals surface area contributed by atoms with E-state index in [1.54, 1.807) is 19.2 Å². The number of nitrogens with two attached hydrogens (primary N) is 1. The van der Waals surface area contributed by atoms with Crippen LogP contribution in [0.2, 0.25) is 0 Å². The zero-order chi connectivity index (χ0) is 19.2. The molecule has 0 fully saturated rings. The first-order chi connectivity index (χ1) is 13.1. The molecular weight excluding hydrogens is 346 g/mol. The van der Waals surface area contributed by atoms with Crippen molar-refractivity contribution < 1.29 is 18.7 Å². The van der Waals surface area contributed by atoms with Gasteiger partial charge in [0.05, 0.1) is 7.11 Å². The highest BCUT2D eigenvalue weighted by Gasteiger charge is 2.16. The van der Waals surface area contributed by atoms with Crippen molar-refractivity contribution in [1.82, 2.24) is 0 Å². The Morgan fingerprint density at radius 2 is 1.93 bits per heavy atom. The molecule has 2 N–H and O–H groups in total. The molecule has 1 unspecified atom stereocenters. The molecule has 0 aliphatic heterocycles. The van der Waals surface area contributed by atoms with Gasteiger partial charge in [0, 0.05) is 17.5 Å². The van der Waals surface area contributed by atoms with Crippen LogP contribution in [0.5, 0.6) is 5.75 Å². The van der Waals surface area contributed by atoms with Crippen molar-refractivity contribution in [2.75, 3.05) is 7.11 Å². The quantitative estimate of drug-likeness (QED) is 0.510. The molecule has 1 heterocycles. The molecular formula is C21H21NO5. The third-order valence-electron chi connectivity index (χ3n) is 4.29. The van der Waals surface area contributed by atoms with Crippen molar-refractivity contribution >= 4 is 16.9 Å². The molecule has 0 amide bonds. The largest absolute Gasteiger partial charge is 0.497 e. The van der Waals surface area contributed by atoms with Gasteiger partial charge in [-0.2, -0.15) is 0 Å². The summed E-state index contributed by atoms with van der Waals surface area (Å²) in [6, 6.07) is 15.3. The average molecular weight is 367 g/mol. The maximum Gasteiger partial charge on any atom is 0.336 e. The molecule has 6 nitrogen and oxygen atoms in total. The van der Waals surface area contributed by atoms with Gasteiger partial charge in [-0.25, -0.2) is 4.79 Å². The third-order valence-corrected chi connectivity index (χ3v) is 4.29. The summed E-state index contributed by atoms with van der Waals surface area (Å²) >= 11 is 0. The van der Waals surface area contributed by atoms with Gasteiger partial charge in [0.15, 0.2) is 0 Å². The van der Waals surface area contributed by atoms with Crippen molar-refractivity contribution in [3.05, 3.63) is 76.1 Å². The van der Waals surface area contributed by atoms with E-state index in [-0.39, 0.29) is 6.61 Å². The number of ether oxygens (including phenoxy) is 2. The number of aryl methyl sites for hydroxylation is 1. The number of fused-ring (bicyclic) bond motifs is 1. The lowest BCUT2D eigenvalue weighted by Crippen LogP contribution is -2.32. The molecule has 0 saturated heterocycles. The molecule has 0 bridgehead atoms. The Hall–Kier alpha value is -3.12. The summed E-state index contributed by atoms with van der Waals surface area (Å²) in [4.78, 5) is 23.9. The summed E-state index contributed by atoms with van der Waals surface area (Å²) < 4.78 is 15.6. The maximum atomic E-state index is 12.1. The number of carbonyl (C=O) groups excluding carboxylic acids is 1. The van der Waals surface area contributed by atoms with E-state index in [0.29, 0.717) is 24.2 Å². The fourth-order valence-electron chi connectivity index (χ4n) is 2.81. The lowest BCUT2D eigenvalue weighted by Gasteiger charge is -2.12. The molecule has 0 spiro atoms. The Kier molecular flexibility index (Phi) is 5.88. The van der Waals surface area contributed by atoms with E-state index in [1.807, 2.05) is 36.4 Å². The van der Waals surface area contributed by atoms with Gasteiger partial charge >= 0.3 is 11.6 Å². The molecule has 1 aromatic heterocycles. The van der Waals surface area contributed by atoms with Gasteiger partial charge in [0.1, 0.15) is 24.0 Å². The van der Waals surface area contributed by atoms with Gasteiger partial charge in [0.25, 0.3) is 0 Å². The standard InChI is InChI=1S/C21H21NO5/c1-25-16-8-9-17-15(11-20(23)27-19(17)12-16)7-10-18(22)21(24)26-13-14-5-3-2-4-6-14/h2-6,8-9,11-12,18H,7,10,13,22H2,1H3. The molecule has 0 aliphatic rings. The van der Waals surface area contributed by atoms with Gasteiger partial charge in [-0.1, -0.05) is 30.3 Å². The van der Waals surface area contributed by atoms with E-state index >= 15 is 0 Å². The molecule has 2 aromatic carbocycles. The van der Waals surface area contributed by atoms with E-state index in [9.17, 15) is 9.59 Å². The number of carbonyl (C=O) groups is 1. The van der Waals surface area contributed by atoms with Crippen LogP contribution in [0.3, 0.4) is 0 Å². The van der Waals surface area contributed by atoms with Crippen molar-refractivity contribution in [1.29, 1.82) is 0 Å². The Morgan fingerprint density at radius 1 is 1.15 bits per heavy atom. The second-order valence-corrected chi connectivity index (χ2v) is 6.19. The topological polar surface area (TPSA) is 91.8 Å². The van der Waals surface area contributed by atoms with Crippen LogP contribution in [0.15, 0.2) is 63.8 Å². The van der Waals surface area contributed by atoms with E-state index in [0.717, 1.165) is 16.5 Å².